The minimum atomic E-state index is -0.314. The van der Waals surface area contributed by atoms with Gasteiger partial charge in [-0.1, -0.05) is 22.7 Å². The van der Waals surface area contributed by atoms with E-state index in [9.17, 15) is 14.4 Å². The van der Waals surface area contributed by atoms with Crippen LogP contribution in [0, 0.1) is 27.7 Å². The van der Waals surface area contributed by atoms with Crippen LogP contribution in [-0.4, -0.2) is 60.6 Å². The zero-order valence-electron chi connectivity index (χ0n) is 23.2. The van der Waals surface area contributed by atoms with Gasteiger partial charge < -0.3 is 43.8 Å². The Morgan fingerprint density at radius 3 is 2.10 bits per heavy atom. The molecular weight excluding hydrogens is 662 g/mol. The van der Waals surface area contributed by atoms with Gasteiger partial charge >= 0.3 is 5.97 Å². The number of carbonyl (C=O) groups is 3. The SMILES string of the molecule is CCOC(=O)Cc1csc(NC(=O)C[n+]2csc(C)c2C)n1.Cc1sc[n+](CC(=O)N2CCOCC2)c1C.[Br-].[Cl-]. The van der Waals surface area contributed by atoms with Crippen molar-refractivity contribution in [2.75, 3.05) is 38.2 Å². The molecule has 40 heavy (non-hydrogen) atoms. The van der Waals surface area contributed by atoms with Gasteiger partial charge in [0.05, 0.1) is 41.7 Å². The van der Waals surface area contributed by atoms with E-state index in [0.717, 1.165) is 18.8 Å². The Morgan fingerprint density at radius 2 is 1.57 bits per heavy atom. The second-order valence-corrected chi connectivity index (χ2v) is 11.6. The van der Waals surface area contributed by atoms with E-state index < -0.39 is 0 Å². The molecule has 1 N–H and O–H groups in total. The zero-order chi connectivity index (χ0) is 27.7. The molecule has 1 saturated heterocycles. The first-order valence-electron chi connectivity index (χ1n) is 12.3. The van der Waals surface area contributed by atoms with Gasteiger partial charge in [0.2, 0.25) is 24.1 Å². The number of nitrogens with zero attached hydrogens (tertiary/aromatic N) is 4. The first-order valence-corrected chi connectivity index (χ1v) is 15.0. The highest BCUT2D eigenvalue weighted by Gasteiger charge is 2.23. The molecule has 0 spiro atoms. The van der Waals surface area contributed by atoms with Crippen molar-refractivity contribution >= 4 is 56.9 Å². The fraction of sp³-hybridized carbons (Fsp3) is 0.520. The summed E-state index contributed by atoms with van der Waals surface area (Å²) in [6.07, 6.45) is 0.123. The molecule has 0 unspecified atom stereocenters. The molecule has 3 aromatic heterocycles. The van der Waals surface area contributed by atoms with Crippen molar-refractivity contribution < 1.29 is 62.4 Å². The Hall–Kier alpha value is -1.97. The van der Waals surface area contributed by atoms with Crippen molar-refractivity contribution in [1.82, 2.24) is 9.88 Å². The molecule has 0 atom stereocenters. The summed E-state index contributed by atoms with van der Waals surface area (Å²) in [5, 5.41) is 5.00. The van der Waals surface area contributed by atoms with Crippen molar-refractivity contribution in [2.45, 2.75) is 54.1 Å². The van der Waals surface area contributed by atoms with Gasteiger partial charge in [0, 0.05) is 32.3 Å². The normalized spacial score (nSPS) is 12.4. The highest BCUT2D eigenvalue weighted by Crippen LogP contribution is 2.16. The predicted octanol–water partition coefficient (Wildman–Crippen LogP) is -3.63. The monoisotopic (exact) mass is 695 g/mol. The van der Waals surface area contributed by atoms with Crippen LogP contribution < -0.4 is 43.8 Å². The fourth-order valence-corrected chi connectivity index (χ4v) is 5.85. The number of hydrogen-bond donors (Lipinski definition) is 1. The van der Waals surface area contributed by atoms with E-state index in [4.69, 9.17) is 9.47 Å². The van der Waals surface area contributed by atoms with Gasteiger partial charge in [0.1, 0.15) is 0 Å². The van der Waals surface area contributed by atoms with Crippen molar-refractivity contribution in [1.29, 1.82) is 0 Å². The van der Waals surface area contributed by atoms with E-state index >= 15 is 0 Å². The molecule has 0 bridgehead atoms. The molecule has 1 aliphatic rings. The van der Waals surface area contributed by atoms with Crippen LogP contribution in [0.25, 0.3) is 0 Å². The largest absolute Gasteiger partial charge is 1.00 e. The number of esters is 1. The molecule has 222 valence electrons. The Morgan fingerprint density at radius 1 is 1.00 bits per heavy atom. The van der Waals surface area contributed by atoms with Crippen LogP contribution in [0.4, 0.5) is 5.13 Å². The number of hydrogen-bond acceptors (Lipinski definition) is 9. The van der Waals surface area contributed by atoms with Crippen LogP contribution in [-0.2, 0) is 43.4 Å². The molecule has 2 amide bonds. The minimum absolute atomic E-state index is 0. The number of ether oxygens (including phenoxy) is 2. The van der Waals surface area contributed by atoms with Crippen molar-refractivity contribution in [3.63, 3.8) is 0 Å². The number of rotatable bonds is 8. The highest BCUT2D eigenvalue weighted by atomic mass is 79.9. The molecule has 1 fully saturated rings. The lowest BCUT2D eigenvalue weighted by atomic mass is 10.3. The molecule has 10 nitrogen and oxygen atoms in total. The quantitative estimate of drug-likeness (QED) is 0.193. The van der Waals surface area contributed by atoms with Gasteiger partial charge in [-0.3, -0.25) is 19.7 Å². The summed E-state index contributed by atoms with van der Waals surface area (Å²) >= 11 is 4.60. The van der Waals surface area contributed by atoms with Gasteiger partial charge in [-0.25, -0.2) is 4.98 Å². The standard InChI is InChI=1S/C14H17N3O3S2.C11H17N2O2S.BrH.ClH/c1-4-20-13(19)5-11-7-21-14(15-11)16-12(18)6-17-8-22-10(3)9(17)2;1-9-10(2)16-8-13(9)7-11(14)12-3-5-15-6-4-12;;/h7-8H,4-6H2,1-3H3;8H,3-7H2,1-2H3;2*1H/q;+1;;/p-1. The number of carbonyl (C=O) groups excluding carboxylic acids is 3. The minimum Gasteiger partial charge on any atom is -1.00 e. The maximum atomic E-state index is 12.0. The molecule has 3 aromatic rings. The lowest BCUT2D eigenvalue weighted by Gasteiger charge is -2.25. The van der Waals surface area contributed by atoms with Crippen molar-refractivity contribution in [3.05, 3.63) is 43.2 Å². The van der Waals surface area contributed by atoms with Gasteiger partial charge in [-0.05, 0) is 20.8 Å². The molecule has 15 heteroatoms. The van der Waals surface area contributed by atoms with Crippen LogP contribution in [0.15, 0.2) is 16.4 Å². The molecule has 4 rings (SSSR count). The number of amides is 2. The number of anilines is 1. The van der Waals surface area contributed by atoms with Crippen LogP contribution in [0.1, 0.15) is 33.8 Å². The predicted molar refractivity (Wildman–Crippen MR) is 146 cm³/mol. The third-order valence-electron chi connectivity index (χ3n) is 6.01. The van der Waals surface area contributed by atoms with Gasteiger partial charge in [0.25, 0.3) is 11.8 Å². The maximum absolute atomic E-state index is 12.0. The summed E-state index contributed by atoms with van der Waals surface area (Å²) in [5.74, 6) is -0.261. The lowest BCUT2D eigenvalue weighted by molar-refractivity contribution is -0.686. The van der Waals surface area contributed by atoms with Crippen molar-refractivity contribution in [3.8, 4) is 0 Å². The van der Waals surface area contributed by atoms with Gasteiger partial charge in [-0.15, -0.1) is 11.3 Å². The Kier molecular flexibility index (Phi) is 16.0. The van der Waals surface area contributed by atoms with Crippen LogP contribution in [0.2, 0.25) is 0 Å². The van der Waals surface area contributed by atoms with E-state index in [2.05, 4.69) is 24.1 Å². The van der Waals surface area contributed by atoms with Crippen LogP contribution >= 0.6 is 34.0 Å². The Labute approximate surface area is 263 Å². The maximum Gasteiger partial charge on any atom is 0.311 e. The number of aryl methyl sites for hydroxylation is 2. The highest BCUT2D eigenvalue weighted by molar-refractivity contribution is 7.14. The number of halogens is 2. The van der Waals surface area contributed by atoms with E-state index in [-0.39, 0.29) is 60.1 Å². The zero-order valence-corrected chi connectivity index (χ0v) is 28.0. The third kappa shape index (κ3) is 10.8. The topological polar surface area (TPSA) is 106 Å². The Bertz CT molecular complexity index is 1260. The van der Waals surface area contributed by atoms with Crippen molar-refractivity contribution in [2.24, 2.45) is 0 Å². The summed E-state index contributed by atoms with van der Waals surface area (Å²) in [5.41, 5.74) is 6.82. The smallest absolute Gasteiger partial charge is 0.311 e. The van der Waals surface area contributed by atoms with E-state index in [0.29, 0.717) is 37.2 Å². The molecule has 0 radical (unpaired) electrons. The lowest BCUT2D eigenvalue weighted by Crippen LogP contribution is -3.00. The average molecular weight is 697 g/mol. The number of aromatic nitrogens is 3. The molecular formula is C25H35BrClN5O5S3. The summed E-state index contributed by atoms with van der Waals surface area (Å²) in [6.45, 7) is 13.7. The summed E-state index contributed by atoms with van der Waals surface area (Å²) in [6, 6.07) is 0. The number of morpholine rings is 1. The van der Waals surface area contributed by atoms with E-state index in [1.54, 1.807) is 35.0 Å². The molecule has 1 aliphatic heterocycles. The fourth-order valence-electron chi connectivity index (χ4n) is 3.51. The average Bonchev–Trinajstić information content (AvgIpc) is 3.56. The number of nitrogens with one attached hydrogen (secondary N) is 1. The van der Waals surface area contributed by atoms with Gasteiger partial charge in [-0.2, -0.15) is 9.13 Å². The van der Waals surface area contributed by atoms with E-state index in [1.165, 1.54) is 26.8 Å². The Balaban J connectivity index is 0.000000397. The number of thiazole rings is 3. The third-order valence-corrected chi connectivity index (χ3v) is 8.83. The van der Waals surface area contributed by atoms with Gasteiger partial charge in [0.15, 0.2) is 16.5 Å². The molecule has 0 aliphatic carbocycles. The molecule has 0 aromatic carbocycles. The van der Waals surface area contributed by atoms with Crippen LogP contribution in [0.5, 0.6) is 0 Å². The second-order valence-electron chi connectivity index (χ2n) is 8.65. The molecule has 0 saturated carbocycles. The second kappa shape index (κ2) is 17.8. The molecule has 4 heterocycles. The summed E-state index contributed by atoms with van der Waals surface area (Å²) < 4.78 is 14.0. The first-order chi connectivity index (χ1) is 18.2. The summed E-state index contributed by atoms with van der Waals surface area (Å²) in [7, 11) is 0. The first kappa shape index (κ1) is 36.1. The van der Waals surface area contributed by atoms with Crippen LogP contribution in [0.3, 0.4) is 0 Å². The summed E-state index contributed by atoms with van der Waals surface area (Å²) in [4.78, 5) is 44.0. The van der Waals surface area contributed by atoms with E-state index in [1.807, 2.05) is 38.9 Å².